The highest BCUT2D eigenvalue weighted by molar-refractivity contribution is 6.29. The Balaban J connectivity index is 0.000000195. The topological polar surface area (TPSA) is 39.4 Å². The number of ether oxygens (including phenoxy) is 1. The van der Waals surface area contributed by atoms with Crippen LogP contribution in [0.1, 0.15) is 6.92 Å². The monoisotopic (exact) mass is 226 g/mol. The molecule has 0 N–H and O–H groups in total. The van der Waals surface area contributed by atoms with Gasteiger partial charge in [-0.1, -0.05) is 18.2 Å². The van der Waals surface area contributed by atoms with Crippen LogP contribution in [0.5, 0.6) is 0 Å². The van der Waals surface area contributed by atoms with Crippen LogP contribution < -0.4 is 0 Å². The second-order valence-electron chi connectivity index (χ2n) is 2.64. The van der Waals surface area contributed by atoms with Crippen LogP contribution in [0.3, 0.4) is 0 Å². The van der Waals surface area contributed by atoms with Crippen molar-refractivity contribution in [2.75, 3.05) is 6.61 Å². The third kappa shape index (κ3) is 3.64. The first-order chi connectivity index (χ1) is 7.27. The normalized spacial score (nSPS) is 9.20. The van der Waals surface area contributed by atoms with Crippen molar-refractivity contribution in [3.05, 3.63) is 35.6 Å². The predicted molar refractivity (Wildman–Crippen MR) is 58.9 cm³/mol. The summed E-state index contributed by atoms with van der Waals surface area (Å²) >= 11 is 5.62. The smallest absolute Gasteiger partial charge is 0.293 e. The van der Waals surface area contributed by atoms with E-state index in [0.717, 1.165) is 11.0 Å². The van der Waals surface area contributed by atoms with E-state index in [-0.39, 0.29) is 0 Å². The summed E-state index contributed by atoms with van der Waals surface area (Å²) in [5.74, 6) is 0. The Morgan fingerprint density at radius 2 is 2.20 bits per heavy atom. The first-order valence-electron chi connectivity index (χ1n) is 4.47. The van der Waals surface area contributed by atoms with Crippen LogP contribution >= 0.6 is 11.6 Å². The van der Waals surface area contributed by atoms with Crippen molar-refractivity contribution in [1.29, 1.82) is 0 Å². The van der Waals surface area contributed by atoms with Gasteiger partial charge in [-0.3, -0.25) is 4.79 Å². The van der Waals surface area contributed by atoms with E-state index >= 15 is 0 Å². The van der Waals surface area contributed by atoms with Gasteiger partial charge in [0.25, 0.3) is 6.47 Å². The van der Waals surface area contributed by atoms with E-state index < -0.39 is 0 Å². The maximum atomic E-state index is 9.18. The molecule has 2 aromatic rings. The van der Waals surface area contributed by atoms with Crippen LogP contribution in [-0.2, 0) is 9.53 Å². The second-order valence-corrected chi connectivity index (χ2v) is 3.01. The molecule has 1 aromatic heterocycles. The maximum absolute atomic E-state index is 9.18. The van der Waals surface area contributed by atoms with Crippen LogP contribution in [0.4, 0.5) is 0 Å². The molecule has 0 radical (unpaired) electrons. The van der Waals surface area contributed by atoms with Gasteiger partial charge in [0.15, 0.2) is 5.22 Å². The maximum Gasteiger partial charge on any atom is 0.293 e. The molecule has 0 aliphatic carbocycles. The van der Waals surface area contributed by atoms with E-state index in [2.05, 4.69) is 4.74 Å². The molecule has 0 atom stereocenters. The molecule has 1 heterocycles. The molecule has 0 bridgehead atoms. The Hall–Kier alpha value is -1.48. The molecular formula is C11H11ClO3. The van der Waals surface area contributed by atoms with E-state index in [1.165, 1.54) is 0 Å². The molecule has 1 aromatic carbocycles. The van der Waals surface area contributed by atoms with Crippen molar-refractivity contribution in [2.24, 2.45) is 0 Å². The van der Waals surface area contributed by atoms with Gasteiger partial charge in [0, 0.05) is 11.5 Å². The quantitative estimate of drug-likeness (QED) is 0.738. The molecule has 3 nitrogen and oxygen atoms in total. The highest BCUT2D eigenvalue weighted by atomic mass is 35.5. The minimum atomic E-state index is 0.431. The van der Waals surface area contributed by atoms with E-state index in [1.54, 1.807) is 13.0 Å². The lowest BCUT2D eigenvalue weighted by Crippen LogP contribution is -1.80. The summed E-state index contributed by atoms with van der Waals surface area (Å²) in [6.45, 7) is 2.66. The molecule has 15 heavy (non-hydrogen) atoms. The molecule has 0 aliphatic heterocycles. The zero-order valence-electron chi connectivity index (χ0n) is 8.27. The van der Waals surface area contributed by atoms with Crippen LogP contribution in [-0.4, -0.2) is 13.1 Å². The van der Waals surface area contributed by atoms with Crippen molar-refractivity contribution in [1.82, 2.24) is 0 Å². The predicted octanol–water partition coefficient (Wildman–Crippen LogP) is 3.27. The summed E-state index contributed by atoms with van der Waals surface area (Å²) < 4.78 is 9.29. The average Bonchev–Trinajstić information content (AvgIpc) is 2.60. The SMILES string of the molecule is CCOC=O.Clc1cc2ccccc2o1. The zero-order chi connectivity index (χ0) is 11.1. The van der Waals surface area contributed by atoms with E-state index in [0.29, 0.717) is 18.3 Å². The van der Waals surface area contributed by atoms with Crippen LogP contribution in [0.15, 0.2) is 34.7 Å². The number of carbonyl (C=O) groups is 1. The number of fused-ring (bicyclic) bond motifs is 1. The first kappa shape index (κ1) is 11.6. The van der Waals surface area contributed by atoms with Gasteiger partial charge in [0.2, 0.25) is 0 Å². The standard InChI is InChI=1S/C8H5ClO.C3H6O2/c9-8-5-6-3-1-2-4-7(6)10-8;1-2-5-3-4/h1-5H;3H,2H2,1H3. The zero-order valence-corrected chi connectivity index (χ0v) is 9.03. The molecule has 0 saturated heterocycles. The number of hydrogen-bond donors (Lipinski definition) is 0. The summed E-state index contributed by atoms with van der Waals surface area (Å²) in [5.41, 5.74) is 0.840. The number of para-hydroxylation sites is 1. The number of furan rings is 1. The number of rotatable bonds is 2. The Morgan fingerprint density at radius 3 is 2.73 bits per heavy atom. The first-order valence-corrected chi connectivity index (χ1v) is 4.85. The van der Waals surface area contributed by atoms with Crippen LogP contribution in [0, 0.1) is 0 Å². The van der Waals surface area contributed by atoms with Crippen molar-refractivity contribution in [3.63, 3.8) is 0 Å². The molecule has 2 rings (SSSR count). The lowest BCUT2D eigenvalue weighted by Gasteiger charge is -1.81. The van der Waals surface area contributed by atoms with Gasteiger partial charge in [0.05, 0.1) is 6.61 Å². The summed E-state index contributed by atoms with van der Waals surface area (Å²) in [7, 11) is 0. The molecule has 4 heteroatoms. The van der Waals surface area contributed by atoms with E-state index in [4.69, 9.17) is 16.0 Å². The van der Waals surface area contributed by atoms with E-state index in [9.17, 15) is 4.79 Å². The molecule has 0 unspecified atom stereocenters. The largest absolute Gasteiger partial charge is 0.468 e. The van der Waals surface area contributed by atoms with Crippen LogP contribution in [0.25, 0.3) is 11.0 Å². The minimum absolute atomic E-state index is 0.431. The molecule has 80 valence electrons. The van der Waals surface area contributed by atoms with Gasteiger partial charge >= 0.3 is 0 Å². The Morgan fingerprint density at radius 1 is 1.47 bits per heavy atom. The molecule has 0 aliphatic rings. The Bertz CT molecular complexity index is 389. The third-order valence-corrected chi connectivity index (χ3v) is 1.82. The fourth-order valence-electron chi connectivity index (χ4n) is 1.02. The summed E-state index contributed by atoms with van der Waals surface area (Å²) in [6.07, 6.45) is 0. The van der Waals surface area contributed by atoms with Crippen molar-refractivity contribution < 1.29 is 13.9 Å². The fraction of sp³-hybridized carbons (Fsp3) is 0.182. The van der Waals surface area contributed by atoms with Gasteiger partial charge in [-0.05, 0) is 24.6 Å². The number of benzene rings is 1. The summed E-state index contributed by atoms with van der Waals surface area (Å²) in [4.78, 5) is 9.18. The number of carbonyl (C=O) groups excluding carboxylic acids is 1. The third-order valence-electron chi connectivity index (χ3n) is 1.63. The lowest BCUT2D eigenvalue weighted by atomic mass is 10.3. The van der Waals surface area contributed by atoms with Gasteiger partial charge in [-0.25, -0.2) is 0 Å². The van der Waals surface area contributed by atoms with Gasteiger partial charge in [0.1, 0.15) is 5.58 Å². The van der Waals surface area contributed by atoms with Crippen molar-refractivity contribution in [2.45, 2.75) is 6.92 Å². The average molecular weight is 227 g/mol. The molecule has 0 saturated carbocycles. The fourth-order valence-corrected chi connectivity index (χ4v) is 1.22. The van der Waals surface area contributed by atoms with Crippen molar-refractivity contribution in [3.8, 4) is 0 Å². The van der Waals surface area contributed by atoms with Gasteiger partial charge in [-0.15, -0.1) is 0 Å². The van der Waals surface area contributed by atoms with E-state index in [1.807, 2.05) is 24.3 Å². The number of halogens is 1. The molecule has 0 spiro atoms. The highest BCUT2D eigenvalue weighted by Crippen LogP contribution is 2.21. The Kier molecular flexibility index (Phi) is 4.71. The van der Waals surface area contributed by atoms with Gasteiger partial charge in [-0.2, -0.15) is 0 Å². The lowest BCUT2D eigenvalue weighted by molar-refractivity contribution is -0.128. The minimum Gasteiger partial charge on any atom is -0.468 e. The molecular weight excluding hydrogens is 216 g/mol. The summed E-state index contributed by atoms with van der Waals surface area (Å²) in [6, 6.07) is 9.53. The van der Waals surface area contributed by atoms with Gasteiger partial charge < -0.3 is 9.15 Å². The highest BCUT2D eigenvalue weighted by Gasteiger charge is 1.97. The van der Waals surface area contributed by atoms with Crippen LogP contribution in [0.2, 0.25) is 5.22 Å². The molecule has 0 amide bonds. The Labute approximate surface area is 92.6 Å². The number of hydrogen-bond acceptors (Lipinski definition) is 3. The summed E-state index contributed by atoms with van der Waals surface area (Å²) in [5, 5.41) is 1.49. The van der Waals surface area contributed by atoms with Crippen molar-refractivity contribution >= 4 is 29.0 Å². The second kappa shape index (κ2) is 6.09. The molecule has 0 fully saturated rings.